The standard InChI is InChI=1S/C14H14ClNO2S/c1-8(2)18-13(17)11-12(19-14(15)16-11)10-6-4-5-9(3)7-10/h4-8H,1-3H3. The molecule has 0 atom stereocenters. The third-order valence-electron chi connectivity index (χ3n) is 2.42. The van der Waals surface area contributed by atoms with E-state index in [0.29, 0.717) is 4.47 Å². The molecule has 1 aromatic heterocycles. The summed E-state index contributed by atoms with van der Waals surface area (Å²) in [6.45, 7) is 5.61. The van der Waals surface area contributed by atoms with Crippen LogP contribution in [0.3, 0.4) is 0 Å². The molecule has 100 valence electrons. The molecule has 0 saturated carbocycles. The second-order valence-electron chi connectivity index (χ2n) is 4.47. The fraction of sp³-hybridized carbons (Fsp3) is 0.286. The lowest BCUT2D eigenvalue weighted by atomic mass is 10.1. The van der Waals surface area contributed by atoms with Gasteiger partial charge in [0.05, 0.1) is 11.0 Å². The summed E-state index contributed by atoms with van der Waals surface area (Å²) in [4.78, 5) is 16.8. The van der Waals surface area contributed by atoms with Crippen LogP contribution in [0.2, 0.25) is 4.47 Å². The van der Waals surface area contributed by atoms with Crippen molar-refractivity contribution in [2.75, 3.05) is 0 Å². The first kappa shape index (κ1) is 14.0. The molecule has 0 amide bonds. The Hall–Kier alpha value is -1.39. The number of esters is 1. The van der Waals surface area contributed by atoms with Crippen molar-refractivity contribution < 1.29 is 9.53 Å². The minimum atomic E-state index is -0.436. The Bertz CT molecular complexity index is 607. The van der Waals surface area contributed by atoms with Crippen LogP contribution < -0.4 is 0 Å². The van der Waals surface area contributed by atoms with E-state index in [9.17, 15) is 4.79 Å². The van der Waals surface area contributed by atoms with Crippen molar-refractivity contribution in [2.45, 2.75) is 26.9 Å². The predicted molar refractivity (Wildman–Crippen MR) is 77.8 cm³/mol. The van der Waals surface area contributed by atoms with Crippen molar-refractivity contribution in [1.82, 2.24) is 4.98 Å². The van der Waals surface area contributed by atoms with Gasteiger partial charge < -0.3 is 4.74 Å². The second kappa shape index (κ2) is 5.72. The summed E-state index contributed by atoms with van der Waals surface area (Å²) in [5.74, 6) is -0.436. The Morgan fingerprint density at radius 3 is 2.79 bits per heavy atom. The first-order valence-corrected chi connectivity index (χ1v) is 7.11. The van der Waals surface area contributed by atoms with Crippen LogP contribution in [0.1, 0.15) is 29.9 Å². The van der Waals surface area contributed by atoms with E-state index in [1.54, 1.807) is 13.8 Å². The van der Waals surface area contributed by atoms with Gasteiger partial charge in [0.1, 0.15) is 0 Å². The molecule has 1 heterocycles. The number of benzene rings is 1. The number of ether oxygens (including phenoxy) is 1. The average molecular weight is 296 g/mol. The lowest BCUT2D eigenvalue weighted by Gasteiger charge is -2.07. The van der Waals surface area contributed by atoms with Crippen LogP contribution in [0.25, 0.3) is 10.4 Å². The molecule has 3 nitrogen and oxygen atoms in total. The van der Waals surface area contributed by atoms with Crippen LogP contribution in [-0.2, 0) is 4.74 Å². The van der Waals surface area contributed by atoms with E-state index >= 15 is 0 Å². The summed E-state index contributed by atoms with van der Waals surface area (Å²) in [7, 11) is 0. The van der Waals surface area contributed by atoms with Crippen LogP contribution in [0, 0.1) is 6.92 Å². The third-order valence-corrected chi connectivity index (χ3v) is 3.63. The molecule has 0 radical (unpaired) electrons. The Labute approximate surface area is 121 Å². The van der Waals surface area contributed by atoms with Gasteiger partial charge in [-0.3, -0.25) is 0 Å². The number of aromatic nitrogens is 1. The maximum absolute atomic E-state index is 12.0. The van der Waals surface area contributed by atoms with Crippen LogP contribution in [0.5, 0.6) is 0 Å². The van der Waals surface area contributed by atoms with Crippen LogP contribution >= 0.6 is 22.9 Å². The van der Waals surface area contributed by atoms with Crippen molar-refractivity contribution in [2.24, 2.45) is 0 Å². The van der Waals surface area contributed by atoms with Gasteiger partial charge in [0.15, 0.2) is 10.2 Å². The van der Waals surface area contributed by atoms with Gasteiger partial charge in [-0.05, 0) is 26.3 Å². The maximum atomic E-state index is 12.0. The summed E-state index contributed by atoms with van der Waals surface area (Å²) < 4.78 is 5.53. The summed E-state index contributed by atoms with van der Waals surface area (Å²) in [6, 6.07) is 7.87. The van der Waals surface area contributed by atoms with Crippen molar-refractivity contribution in [3.63, 3.8) is 0 Å². The number of halogens is 1. The minimum absolute atomic E-state index is 0.182. The summed E-state index contributed by atoms with van der Waals surface area (Å²) in [6.07, 6.45) is -0.182. The lowest BCUT2D eigenvalue weighted by molar-refractivity contribution is 0.0373. The fourth-order valence-corrected chi connectivity index (χ4v) is 2.78. The molecule has 19 heavy (non-hydrogen) atoms. The molecule has 0 aliphatic rings. The smallest absolute Gasteiger partial charge is 0.358 e. The Morgan fingerprint density at radius 1 is 1.42 bits per heavy atom. The SMILES string of the molecule is Cc1cccc(-c2sc(Cl)nc2C(=O)OC(C)C)c1. The van der Waals surface area contributed by atoms with Gasteiger partial charge in [0, 0.05) is 0 Å². The molecule has 0 fully saturated rings. The molecule has 2 aromatic rings. The summed E-state index contributed by atoms with van der Waals surface area (Å²) in [5.41, 5.74) is 2.33. The van der Waals surface area contributed by atoms with Crippen LogP contribution in [0.4, 0.5) is 0 Å². The van der Waals surface area contributed by atoms with E-state index < -0.39 is 5.97 Å². The zero-order valence-electron chi connectivity index (χ0n) is 10.9. The zero-order valence-corrected chi connectivity index (χ0v) is 12.5. The molecule has 0 aliphatic heterocycles. The molecule has 0 aliphatic carbocycles. The quantitative estimate of drug-likeness (QED) is 0.791. The highest BCUT2D eigenvalue weighted by Gasteiger charge is 2.21. The van der Waals surface area contributed by atoms with E-state index in [-0.39, 0.29) is 11.8 Å². The van der Waals surface area contributed by atoms with Crippen molar-refractivity contribution in [3.05, 3.63) is 40.0 Å². The van der Waals surface area contributed by atoms with Gasteiger partial charge in [-0.2, -0.15) is 0 Å². The number of thiazole rings is 1. The minimum Gasteiger partial charge on any atom is -0.458 e. The molecule has 2 rings (SSSR count). The molecule has 0 saturated heterocycles. The van der Waals surface area contributed by atoms with E-state index in [1.807, 2.05) is 31.2 Å². The number of carbonyl (C=O) groups excluding carboxylic acids is 1. The highest BCUT2D eigenvalue weighted by molar-refractivity contribution is 7.19. The number of rotatable bonds is 3. The molecule has 0 spiro atoms. The zero-order chi connectivity index (χ0) is 14.0. The molecular formula is C14H14ClNO2S. The monoisotopic (exact) mass is 295 g/mol. The summed E-state index contributed by atoms with van der Waals surface area (Å²) >= 11 is 7.22. The van der Waals surface area contributed by atoms with Gasteiger partial charge in [-0.1, -0.05) is 41.4 Å². The molecule has 0 bridgehead atoms. The number of nitrogens with zero attached hydrogens (tertiary/aromatic N) is 1. The molecule has 0 N–H and O–H groups in total. The first-order chi connectivity index (χ1) is 8.97. The van der Waals surface area contributed by atoms with Gasteiger partial charge in [0.2, 0.25) is 0 Å². The van der Waals surface area contributed by atoms with E-state index in [4.69, 9.17) is 16.3 Å². The van der Waals surface area contributed by atoms with E-state index in [2.05, 4.69) is 4.98 Å². The van der Waals surface area contributed by atoms with Gasteiger partial charge in [-0.25, -0.2) is 9.78 Å². The fourth-order valence-electron chi connectivity index (χ4n) is 1.68. The van der Waals surface area contributed by atoms with Crippen LogP contribution in [0.15, 0.2) is 24.3 Å². The molecular weight excluding hydrogens is 282 g/mol. The number of hydrogen-bond donors (Lipinski definition) is 0. The predicted octanol–water partition coefficient (Wildman–Crippen LogP) is 4.34. The second-order valence-corrected chi connectivity index (χ2v) is 6.05. The third kappa shape index (κ3) is 3.33. The molecule has 0 unspecified atom stereocenters. The number of aryl methyl sites for hydroxylation is 1. The average Bonchev–Trinajstić information content (AvgIpc) is 2.70. The van der Waals surface area contributed by atoms with Crippen molar-refractivity contribution in [1.29, 1.82) is 0 Å². The first-order valence-electron chi connectivity index (χ1n) is 5.91. The molecule has 1 aromatic carbocycles. The Morgan fingerprint density at radius 2 is 2.16 bits per heavy atom. The van der Waals surface area contributed by atoms with E-state index in [1.165, 1.54) is 11.3 Å². The number of carbonyl (C=O) groups is 1. The summed E-state index contributed by atoms with van der Waals surface area (Å²) in [5, 5.41) is 0. The van der Waals surface area contributed by atoms with Crippen LogP contribution in [-0.4, -0.2) is 17.1 Å². The van der Waals surface area contributed by atoms with Gasteiger partial charge in [-0.15, -0.1) is 11.3 Å². The Balaban J connectivity index is 2.44. The van der Waals surface area contributed by atoms with Gasteiger partial charge >= 0.3 is 5.97 Å². The highest BCUT2D eigenvalue weighted by atomic mass is 35.5. The lowest BCUT2D eigenvalue weighted by Crippen LogP contribution is -2.12. The number of hydrogen-bond acceptors (Lipinski definition) is 4. The Kier molecular flexibility index (Phi) is 4.22. The maximum Gasteiger partial charge on any atom is 0.358 e. The largest absolute Gasteiger partial charge is 0.458 e. The normalized spacial score (nSPS) is 10.8. The highest BCUT2D eigenvalue weighted by Crippen LogP contribution is 2.33. The van der Waals surface area contributed by atoms with Crippen molar-refractivity contribution >= 4 is 28.9 Å². The molecule has 5 heteroatoms. The topological polar surface area (TPSA) is 39.2 Å². The van der Waals surface area contributed by atoms with E-state index in [0.717, 1.165) is 16.0 Å². The van der Waals surface area contributed by atoms with Gasteiger partial charge in [0.25, 0.3) is 0 Å². The van der Waals surface area contributed by atoms with Crippen molar-refractivity contribution in [3.8, 4) is 10.4 Å².